The maximum Gasteiger partial charge on any atom is 0.300 e. The molecule has 0 radical (unpaired) electrons. The minimum Gasteiger partial charge on any atom is -0.481 e. The summed E-state index contributed by atoms with van der Waals surface area (Å²) in [5, 5.41) is 35.6. The molecule has 0 saturated heterocycles. The number of hydrazine groups is 1. The molecule has 0 spiro atoms. The maximum absolute atomic E-state index is 10.4. The molecule has 5 N–H and O–H groups in total. The monoisotopic (exact) mass is 318 g/mol. The first-order valence-electron chi connectivity index (χ1n) is 5.31. The predicted octanol–water partition coefficient (Wildman–Crippen LogP) is 0.970. The summed E-state index contributed by atoms with van der Waals surface area (Å²) in [5.74, 6) is 3.32. The van der Waals surface area contributed by atoms with Crippen LogP contribution >= 0.6 is 0 Å². The van der Waals surface area contributed by atoms with E-state index >= 15 is 0 Å². The van der Waals surface area contributed by atoms with Crippen LogP contribution in [0.25, 0.3) is 0 Å². The summed E-state index contributed by atoms with van der Waals surface area (Å²) in [7, 11) is 0. The molecule has 1 aromatic carbocycles. The SMILES string of the molecule is CC(=O)O.CC(=O)O.NNc1ccc([N+](=O)[O-])cc1[N+](=O)[O-]. The van der Waals surface area contributed by atoms with Gasteiger partial charge in [0.25, 0.3) is 17.6 Å². The molecule has 1 aromatic rings. The van der Waals surface area contributed by atoms with Crippen molar-refractivity contribution in [1.29, 1.82) is 0 Å². The zero-order valence-corrected chi connectivity index (χ0v) is 11.5. The van der Waals surface area contributed by atoms with E-state index in [1.165, 1.54) is 6.07 Å². The highest BCUT2D eigenvalue weighted by Crippen LogP contribution is 2.27. The van der Waals surface area contributed by atoms with Crippen molar-refractivity contribution >= 4 is 29.0 Å². The number of nitrogens with zero attached hydrogens (tertiary/aromatic N) is 2. The van der Waals surface area contributed by atoms with Gasteiger partial charge in [-0.25, -0.2) is 0 Å². The molecular weight excluding hydrogens is 304 g/mol. The van der Waals surface area contributed by atoms with Crippen molar-refractivity contribution in [2.75, 3.05) is 5.43 Å². The van der Waals surface area contributed by atoms with E-state index in [2.05, 4.69) is 5.43 Å². The molecule has 1 rings (SSSR count). The lowest BCUT2D eigenvalue weighted by molar-refractivity contribution is -0.393. The topological polar surface area (TPSA) is 199 Å². The lowest BCUT2D eigenvalue weighted by Gasteiger charge is -2.00. The van der Waals surface area contributed by atoms with Crippen molar-refractivity contribution in [2.45, 2.75) is 13.8 Å². The van der Waals surface area contributed by atoms with Crippen LogP contribution in [0.4, 0.5) is 17.1 Å². The fourth-order valence-electron chi connectivity index (χ4n) is 0.907. The van der Waals surface area contributed by atoms with Gasteiger partial charge >= 0.3 is 5.69 Å². The number of nitro benzene ring substituents is 2. The Bertz CT molecular complexity index is 540. The Balaban J connectivity index is 0. The molecule has 0 saturated carbocycles. The minimum absolute atomic E-state index is 0.0283. The van der Waals surface area contributed by atoms with E-state index in [0.717, 1.165) is 26.0 Å². The van der Waals surface area contributed by atoms with Crippen LogP contribution in [0.1, 0.15) is 13.8 Å². The van der Waals surface area contributed by atoms with E-state index in [1.54, 1.807) is 0 Å². The highest BCUT2D eigenvalue weighted by atomic mass is 16.6. The molecule has 12 heteroatoms. The molecular formula is C10H14N4O8. The van der Waals surface area contributed by atoms with E-state index in [0.29, 0.717) is 0 Å². The first kappa shape index (κ1) is 21.0. The van der Waals surface area contributed by atoms with Crippen molar-refractivity contribution in [3.05, 3.63) is 38.4 Å². The van der Waals surface area contributed by atoms with E-state index in [-0.39, 0.29) is 11.4 Å². The molecule has 0 aliphatic carbocycles. The molecule has 0 aliphatic heterocycles. The van der Waals surface area contributed by atoms with Crippen LogP contribution in [-0.4, -0.2) is 32.0 Å². The normalized spacial score (nSPS) is 8.32. The largest absolute Gasteiger partial charge is 0.481 e. The standard InChI is InChI=1S/C6H6N4O4.2C2H4O2/c7-8-5-2-1-4(9(11)12)3-6(5)10(13)14;2*1-2(3)4/h1-3,8H,7H2;2*1H3,(H,3,4). The minimum atomic E-state index is -0.833. The smallest absolute Gasteiger partial charge is 0.300 e. The number of aliphatic carboxylic acids is 2. The number of nitrogens with one attached hydrogen (secondary N) is 1. The number of non-ortho nitro benzene ring substituents is 1. The van der Waals surface area contributed by atoms with Gasteiger partial charge in [-0.2, -0.15) is 0 Å². The summed E-state index contributed by atoms with van der Waals surface area (Å²) in [6.45, 7) is 2.17. The summed E-state index contributed by atoms with van der Waals surface area (Å²) in [6, 6.07) is 3.15. The summed E-state index contributed by atoms with van der Waals surface area (Å²) in [4.78, 5) is 37.3. The van der Waals surface area contributed by atoms with Crippen LogP contribution in [0.2, 0.25) is 0 Å². The molecule has 0 atom stereocenters. The van der Waals surface area contributed by atoms with Gasteiger partial charge in [0.05, 0.1) is 15.9 Å². The van der Waals surface area contributed by atoms with Crippen LogP contribution in [0, 0.1) is 20.2 Å². The van der Waals surface area contributed by atoms with E-state index in [9.17, 15) is 20.2 Å². The molecule has 0 aromatic heterocycles. The number of nitro groups is 2. The molecule has 0 unspecified atom stereocenters. The number of nitrogens with two attached hydrogens (primary N) is 1. The second kappa shape index (κ2) is 10.5. The zero-order chi connectivity index (χ0) is 17.9. The number of benzene rings is 1. The quantitative estimate of drug-likeness (QED) is 0.353. The number of carbonyl (C=O) groups is 2. The van der Waals surface area contributed by atoms with Crippen molar-refractivity contribution in [3.63, 3.8) is 0 Å². The Morgan fingerprint density at radius 3 is 1.77 bits per heavy atom. The highest BCUT2D eigenvalue weighted by Gasteiger charge is 2.18. The number of hydrogen-bond donors (Lipinski definition) is 4. The van der Waals surface area contributed by atoms with Crippen LogP contribution in [0.15, 0.2) is 18.2 Å². The molecule has 22 heavy (non-hydrogen) atoms. The summed E-state index contributed by atoms with van der Waals surface area (Å²) in [5.41, 5.74) is 1.33. The maximum atomic E-state index is 10.4. The van der Waals surface area contributed by atoms with Gasteiger partial charge in [-0.05, 0) is 6.07 Å². The Labute approximate surface area is 123 Å². The average Bonchev–Trinajstić information content (AvgIpc) is 2.36. The second-order valence-electron chi connectivity index (χ2n) is 3.40. The van der Waals surface area contributed by atoms with Gasteiger partial charge in [-0.15, -0.1) is 0 Å². The van der Waals surface area contributed by atoms with Crippen LogP contribution in [-0.2, 0) is 9.59 Å². The summed E-state index contributed by atoms with van der Waals surface area (Å²) >= 11 is 0. The van der Waals surface area contributed by atoms with Gasteiger partial charge in [-0.3, -0.25) is 35.7 Å². The molecule has 122 valence electrons. The Morgan fingerprint density at radius 2 is 1.50 bits per heavy atom. The third-order valence-corrected chi connectivity index (χ3v) is 1.54. The number of carboxylic acid groups (broad SMARTS) is 2. The molecule has 0 bridgehead atoms. The van der Waals surface area contributed by atoms with Gasteiger partial charge in [0, 0.05) is 19.9 Å². The van der Waals surface area contributed by atoms with Crippen molar-refractivity contribution < 1.29 is 29.6 Å². The molecule has 0 aliphatic rings. The third kappa shape index (κ3) is 10.6. The number of rotatable bonds is 3. The zero-order valence-electron chi connectivity index (χ0n) is 11.5. The lowest BCUT2D eigenvalue weighted by atomic mass is 10.2. The molecule has 12 nitrogen and oxygen atoms in total. The van der Waals surface area contributed by atoms with Gasteiger partial charge < -0.3 is 15.6 Å². The highest BCUT2D eigenvalue weighted by molar-refractivity contribution is 5.64. The molecule has 0 heterocycles. The average molecular weight is 318 g/mol. The first-order chi connectivity index (χ1) is 10.0. The first-order valence-corrected chi connectivity index (χ1v) is 5.31. The number of hydrogen-bond acceptors (Lipinski definition) is 8. The predicted molar refractivity (Wildman–Crippen MR) is 74.2 cm³/mol. The van der Waals surface area contributed by atoms with Crippen molar-refractivity contribution in [3.8, 4) is 0 Å². The van der Waals surface area contributed by atoms with Crippen LogP contribution < -0.4 is 11.3 Å². The molecule has 0 amide bonds. The Kier molecular flexibility index (Phi) is 10.0. The van der Waals surface area contributed by atoms with Crippen molar-refractivity contribution in [1.82, 2.24) is 0 Å². The van der Waals surface area contributed by atoms with Gasteiger partial charge in [0.2, 0.25) is 0 Å². The van der Waals surface area contributed by atoms with E-state index < -0.39 is 27.5 Å². The second-order valence-corrected chi connectivity index (χ2v) is 3.40. The van der Waals surface area contributed by atoms with E-state index in [1.807, 2.05) is 0 Å². The van der Waals surface area contributed by atoms with Gasteiger partial charge in [-0.1, -0.05) is 0 Å². The third-order valence-electron chi connectivity index (χ3n) is 1.54. The number of anilines is 1. The van der Waals surface area contributed by atoms with Gasteiger partial charge in [0.1, 0.15) is 5.69 Å². The number of carboxylic acids is 2. The summed E-state index contributed by atoms with van der Waals surface area (Å²) in [6.07, 6.45) is 0. The molecule has 0 fully saturated rings. The fraction of sp³-hybridized carbons (Fsp3) is 0.200. The Hall–Kier alpha value is -3.28. The van der Waals surface area contributed by atoms with Gasteiger partial charge in [0.15, 0.2) is 0 Å². The fourth-order valence-corrected chi connectivity index (χ4v) is 0.907. The van der Waals surface area contributed by atoms with E-state index in [4.69, 9.17) is 25.6 Å². The number of nitrogen functional groups attached to an aromatic ring is 1. The van der Waals surface area contributed by atoms with Crippen LogP contribution in [0.3, 0.4) is 0 Å². The van der Waals surface area contributed by atoms with Crippen molar-refractivity contribution in [2.24, 2.45) is 5.84 Å². The lowest BCUT2D eigenvalue weighted by Crippen LogP contribution is -2.09. The Morgan fingerprint density at radius 1 is 1.09 bits per heavy atom. The summed E-state index contributed by atoms with van der Waals surface area (Å²) < 4.78 is 0. The van der Waals surface area contributed by atoms with Crippen LogP contribution in [0.5, 0.6) is 0 Å².